The summed E-state index contributed by atoms with van der Waals surface area (Å²) in [5.74, 6) is -5.04. The van der Waals surface area contributed by atoms with Crippen LogP contribution in [0.1, 0.15) is 79.6 Å². The second-order valence-electron chi connectivity index (χ2n) is 20.3. The Kier molecular flexibility index (Phi) is 44.5. The monoisotopic (exact) mass is 1490 g/mol. The number of amides is 5. The van der Waals surface area contributed by atoms with Crippen LogP contribution in [0.5, 0.6) is 0 Å². The molecule has 518 valence electrons. The molecule has 5 amide bonds. The number of ketones is 1. The molecule has 97 heavy (non-hydrogen) atoms. The van der Waals surface area contributed by atoms with Crippen LogP contribution in [0.2, 0.25) is 15.1 Å². The van der Waals surface area contributed by atoms with Crippen molar-refractivity contribution in [2.24, 2.45) is 17.2 Å². The Labute approximate surface area is 664 Å². The maximum Gasteiger partial charge on any atom is 1.00 e. The Morgan fingerprint density at radius 2 is 1.12 bits per heavy atom. The van der Waals surface area contributed by atoms with Gasteiger partial charge in [0.1, 0.15) is 36.3 Å². The van der Waals surface area contributed by atoms with Crippen molar-refractivity contribution in [3.63, 3.8) is 0 Å². The maximum absolute atomic E-state index is 14.1. The number of primary amides is 2. The van der Waals surface area contributed by atoms with Gasteiger partial charge >= 0.3 is 109 Å². The molecule has 5 aromatic carbocycles. The number of para-hydroxylation sites is 2. The molecule has 7 aromatic rings. The smallest absolute Gasteiger partial charge is 1.00 e. The summed E-state index contributed by atoms with van der Waals surface area (Å²) in [4.78, 5) is 94.6. The van der Waals surface area contributed by atoms with Crippen LogP contribution in [-0.4, -0.2) is 154 Å². The number of hydrogen-bond donors (Lipinski definition) is 7. The number of alkyl halides is 1. The van der Waals surface area contributed by atoms with Crippen molar-refractivity contribution < 1.29 is 185 Å². The third-order valence-electron chi connectivity index (χ3n) is 13.7. The number of carbonyl (C=O) groups is 8. The van der Waals surface area contributed by atoms with Gasteiger partial charge in [-0.2, -0.15) is 10.2 Å². The molecule has 0 radical (unpaired) electrons. The summed E-state index contributed by atoms with van der Waals surface area (Å²) in [6, 6.07) is 28.1. The number of fused-ring (bicyclic) bond motifs is 2. The summed E-state index contributed by atoms with van der Waals surface area (Å²) in [6.07, 6.45) is 3.13. The fourth-order valence-electron chi connectivity index (χ4n) is 8.99. The van der Waals surface area contributed by atoms with E-state index in [0.29, 0.717) is 71.6 Å². The molecule has 2 aromatic heterocycles. The molecule has 3 atom stereocenters. The normalized spacial score (nSPS) is 14.6. The van der Waals surface area contributed by atoms with Gasteiger partial charge in [0, 0.05) is 73.3 Å². The van der Waals surface area contributed by atoms with E-state index in [4.69, 9.17) is 93.0 Å². The van der Waals surface area contributed by atoms with Crippen LogP contribution < -0.4 is 141 Å². The van der Waals surface area contributed by atoms with E-state index in [1.54, 1.807) is 78.9 Å². The first kappa shape index (κ1) is 90.0. The number of ether oxygens (including phenoxy) is 3. The molecule has 3 saturated heterocycles. The van der Waals surface area contributed by atoms with Crippen molar-refractivity contribution in [3.8, 4) is 0 Å². The number of aliphatic carboxylic acids is 1. The van der Waals surface area contributed by atoms with E-state index in [1.165, 1.54) is 38.5 Å². The summed E-state index contributed by atoms with van der Waals surface area (Å²) < 4.78 is 59.1. The average molecular weight is 1490 g/mol. The second kappa shape index (κ2) is 47.9. The number of nitrogens with zero attached hydrogens (tertiary/aromatic N) is 5. The van der Waals surface area contributed by atoms with Gasteiger partial charge in [0.2, 0.25) is 17.7 Å². The van der Waals surface area contributed by atoms with Crippen molar-refractivity contribution in [2.75, 3.05) is 58.6 Å². The van der Waals surface area contributed by atoms with Gasteiger partial charge in [-0.25, -0.2) is 13.2 Å². The molecule has 0 bridgehead atoms. The summed E-state index contributed by atoms with van der Waals surface area (Å²) in [6.45, 7) is 3.12. The number of nitrogens with one attached hydrogen (secondary N) is 3. The molecular formula is C63H76Cl4F3K2N11O14. The van der Waals surface area contributed by atoms with Gasteiger partial charge in [-0.15, -0.1) is 11.6 Å². The van der Waals surface area contributed by atoms with E-state index < -0.39 is 41.1 Å². The molecule has 5 heterocycles. The molecular weight excluding hydrogens is 1410 g/mol. The zero-order valence-electron chi connectivity index (χ0n) is 52.7. The Balaban J connectivity index is 0.00000126. The average Bonchev–Trinajstić information content (AvgIpc) is 1.65. The molecule has 34 heteroatoms. The summed E-state index contributed by atoms with van der Waals surface area (Å²) in [7, 11) is 0. The number of benzene rings is 5. The van der Waals surface area contributed by atoms with Gasteiger partial charge in [-0.05, 0) is 61.6 Å². The topological polar surface area (TPSA) is 370 Å². The summed E-state index contributed by atoms with van der Waals surface area (Å²) in [5, 5.41) is 34.8. The Bertz CT molecular complexity index is 3690. The number of nitrogens with two attached hydrogens (primary N) is 3. The zero-order valence-corrected chi connectivity index (χ0v) is 61.0. The number of carboxylic acid groups (broad SMARTS) is 1. The van der Waals surface area contributed by atoms with Crippen molar-refractivity contribution in [1.82, 2.24) is 40.4 Å². The molecule has 3 fully saturated rings. The quantitative estimate of drug-likeness (QED) is 0.0168. The minimum Gasteiger partial charge on any atom is -1.00 e. The molecule has 3 aliphatic heterocycles. The first-order valence-electron chi connectivity index (χ1n) is 28.4. The maximum atomic E-state index is 14.1. The second-order valence-corrected chi connectivity index (χ2v) is 21.8. The summed E-state index contributed by atoms with van der Waals surface area (Å²) >= 11 is 22.3. The standard InChI is InChI=1S/C23H23ClFN5O4.C13H16ClFN2O2.C10H9Cl2FO.C10H9N3O3.C4H9NO.CH2O3.2CH4.2K.H/c24-17-6-3-4-14(21(17)25)10-27-19(31)11-29(15-8-9-34-13-15)20(32)12-30-18-7-2-1-5-16(18)22(28-30)23(26)33;14-11-3-1-2-9(13(11)15)6-17-12(18)7-16-10-4-5-19-8-10;11-6-8(14)5-4-7-2-1-3-9(12)10(7)13;11-10(16)9-6-3-1-2-4-7(6)13(12-9)5-8(14)15;5-4-1-2-6-3-4;2-1-4-3;;;;;/h1-7,15H,8-13H2,(H2,26,33)(H,27,31);1-3,10,16H,4-8H2,(H,17,18);1-3H,4-6H2;1-4H,5H2,(H2,11,16)(H,14,15);4H,1-3,5H2;1,3H;2*1H4;;;/q;;;;;;;;2*+1;-1/p-1/t15-;10-;;;4-;;;;;;/m00..0....../s1. The number of carboxylic acids is 1. The number of hydrogen-bond acceptors (Lipinski definition) is 17. The van der Waals surface area contributed by atoms with Gasteiger partial charge in [-0.3, -0.25) is 47.7 Å². The molecule has 10 rings (SSSR count). The number of carbonyl (C=O) groups excluding carboxylic acids is 7. The van der Waals surface area contributed by atoms with E-state index in [0.717, 1.165) is 32.7 Å². The molecule has 25 nitrogen and oxygen atoms in total. The van der Waals surface area contributed by atoms with Crippen molar-refractivity contribution >= 4 is 116 Å². The third-order valence-corrected chi connectivity index (χ3v) is 14.9. The van der Waals surface area contributed by atoms with Gasteiger partial charge < -0.3 is 68.9 Å². The van der Waals surface area contributed by atoms with E-state index in [9.17, 15) is 46.7 Å². The number of Topliss-reactive ketones (excluding diaryl/α,β-unsaturated/α-hetero) is 1. The zero-order chi connectivity index (χ0) is 68.0. The van der Waals surface area contributed by atoms with E-state index in [-0.39, 0.29) is 239 Å². The van der Waals surface area contributed by atoms with Crippen molar-refractivity contribution in [2.45, 2.75) is 91.3 Å². The van der Waals surface area contributed by atoms with Crippen LogP contribution >= 0.6 is 46.4 Å². The minimum atomic E-state index is -1.02. The van der Waals surface area contributed by atoms with Gasteiger partial charge in [-0.1, -0.05) is 122 Å². The van der Waals surface area contributed by atoms with Crippen molar-refractivity contribution in [1.29, 1.82) is 0 Å². The predicted octanol–water partition coefficient (Wildman–Crippen LogP) is 0.336. The Hall–Kier alpha value is -5.02. The molecule has 3 aliphatic rings. The number of halogens is 7. The van der Waals surface area contributed by atoms with E-state index in [1.807, 2.05) is 0 Å². The Morgan fingerprint density at radius 1 is 0.670 bits per heavy atom. The first-order chi connectivity index (χ1) is 44.6. The first-order valence-corrected chi connectivity index (χ1v) is 30.1. The fraction of sp³-hybridized carbons (Fsp3) is 0.365. The number of rotatable bonds is 21. The van der Waals surface area contributed by atoms with Crippen LogP contribution in [0.15, 0.2) is 103 Å². The molecule has 0 aliphatic carbocycles. The Morgan fingerprint density at radius 3 is 1.55 bits per heavy atom. The number of aromatic nitrogens is 4. The van der Waals surface area contributed by atoms with Crippen molar-refractivity contribution in [3.05, 3.63) is 164 Å². The van der Waals surface area contributed by atoms with Crippen LogP contribution in [0.3, 0.4) is 0 Å². The third kappa shape index (κ3) is 30.0. The summed E-state index contributed by atoms with van der Waals surface area (Å²) in [5.41, 5.74) is 18.4. The SMILES string of the molecule is C.C.NC(=O)c1nn(CC(=O)N(CC(=O)NCc2cccc(Cl)c2F)[C@H]2CCOC2)c2ccccc12.NC(=O)c1nn(CC(=O)O)c2ccccc12.N[C@H]1CCOC1.O=C(CCl)CCc1cccc(Cl)c1F.O=C(CN[C@H]1CCOC1)NCc1cccc(Cl)c1F.O=CO[O-].[H-].[K+].[K+]. The molecule has 0 unspecified atom stereocenters. The number of aryl methyl sites for hydroxylation is 1. The molecule has 0 saturated carbocycles. The van der Waals surface area contributed by atoms with Gasteiger partial charge in [0.05, 0.1) is 70.9 Å². The van der Waals surface area contributed by atoms with Gasteiger partial charge in [0.15, 0.2) is 11.4 Å². The largest absolute Gasteiger partial charge is 1.00 e. The van der Waals surface area contributed by atoms with E-state index in [2.05, 4.69) is 31.0 Å². The predicted molar refractivity (Wildman–Crippen MR) is 349 cm³/mol. The fourth-order valence-corrected chi connectivity index (χ4v) is 9.71. The van der Waals surface area contributed by atoms with Crippen LogP contribution in [0, 0.1) is 17.5 Å². The molecule has 10 N–H and O–H groups in total. The van der Waals surface area contributed by atoms with Gasteiger partial charge in [0.25, 0.3) is 18.3 Å². The minimum absolute atomic E-state index is 0. The van der Waals surface area contributed by atoms with Crippen LogP contribution in [0.25, 0.3) is 21.8 Å². The van der Waals surface area contributed by atoms with Crippen LogP contribution in [-0.2, 0) is 80.5 Å². The van der Waals surface area contributed by atoms with Crippen LogP contribution in [0.4, 0.5) is 13.2 Å². The molecule has 0 spiro atoms. The van der Waals surface area contributed by atoms with E-state index >= 15 is 0 Å².